The van der Waals surface area contributed by atoms with E-state index >= 15 is 0 Å². The number of hydrogen-bond donors (Lipinski definition) is 0. The molecule has 0 unspecified atom stereocenters. The molecule has 0 amide bonds. The summed E-state index contributed by atoms with van der Waals surface area (Å²) in [7, 11) is 3.11. The fourth-order valence-corrected chi connectivity index (χ4v) is 3.61. The first-order chi connectivity index (χ1) is 9.60. The van der Waals surface area contributed by atoms with Gasteiger partial charge in [0, 0.05) is 14.2 Å². The molecule has 1 saturated heterocycles. The Bertz CT molecular complexity index is 516. The molecule has 0 radical (unpaired) electrons. The maximum absolute atomic E-state index is 5.58. The standard InChI is InChI=1S/C13H19N2O3PS/c1-11(12-7-5-4-6-8-12)14-13-15(9-10-18-13)19(20,16-2)17-3/h4-8,11H,9-10H2,1-3H3/b14-13-/t11-/m0/s1. The van der Waals surface area contributed by atoms with Crippen molar-refractivity contribution in [2.75, 3.05) is 27.4 Å². The van der Waals surface area contributed by atoms with Gasteiger partial charge in [0.05, 0.1) is 12.6 Å². The van der Waals surface area contributed by atoms with Crippen molar-refractivity contribution in [1.29, 1.82) is 0 Å². The predicted molar refractivity (Wildman–Crippen MR) is 83.3 cm³/mol. The first kappa shape index (κ1) is 15.4. The fourth-order valence-electron chi connectivity index (χ4n) is 1.97. The second kappa shape index (κ2) is 6.68. The van der Waals surface area contributed by atoms with Crippen LogP contribution in [0.25, 0.3) is 0 Å². The Hall–Kier alpha value is -0.940. The molecule has 110 valence electrons. The minimum Gasteiger partial charge on any atom is -0.463 e. The molecule has 1 aliphatic rings. The molecule has 0 aromatic heterocycles. The summed E-state index contributed by atoms with van der Waals surface area (Å²) in [5, 5.41) is 0. The first-order valence-corrected chi connectivity index (χ1v) is 8.95. The van der Waals surface area contributed by atoms with Gasteiger partial charge in [0.1, 0.15) is 6.61 Å². The van der Waals surface area contributed by atoms with Gasteiger partial charge in [-0.25, -0.2) is 4.99 Å². The van der Waals surface area contributed by atoms with Gasteiger partial charge in [-0.15, -0.1) is 0 Å². The van der Waals surface area contributed by atoms with Crippen LogP contribution in [0, 0.1) is 0 Å². The largest absolute Gasteiger partial charge is 0.463 e. The fraction of sp³-hybridized carbons (Fsp3) is 0.462. The van der Waals surface area contributed by atoms with E-state index in [2.05, 4.69) is 4.99 Å². The Kier molecular flexibility index (Phi) is 5.16. The second-order valence-electron chi connectivity index (χ2n) is 4.30. The zero-order valence-electron chi connectivity index (χ0n) is 11.9. The molecule has 0 saturated carbocycles. The number of amidine groups is 1. The molecular weight excluding hydrogens is 295 g/mol. The van der Waals surface area contributed by atoms with Crippen LogP contribution in [-0.2, 0) is 25.6 Å². The summed E-state index contributed by atoms with van der Waals surface area (Å²) in [4.78, 5) is 4.61. The van der Waals surface area contributed by atoms with E-state index in [0.717, 1.165) is 5.56 Å². The summed E-state index contributed by atoms with van der Waals surface area (Å²) in [6.45, 7) is 0.683. The number of rotatable bonds is 5. The molecule has 7 heteroatoms. The summed E-state index contributed by atoms with van der Waals surface area (Å²) in [5.41, 5.74) is 1.12. The molecule has 0 bridgehead atoms. The van der Waals surface area contributed by atoms with Crippen LogP contribution in [0.1, 0.15) is 18.5 Å². The van der Waals surface area contributed by atoms with Crippen molar-refractivity contribution in [2.24, 2.45) is 4.99 Å². The third-order valence-electron chi connectivity index (χ3n) is 3.10. The van der Waals surface area contributed by atoms with Crippen LogP contribution < -0.4 is 0 Å². The molecule has 1 fully saturated rings. The van der Waals surface area contributed by atoms with Gasteiger partial charge >= 0.3 is 0 Å². The van der Waals surface area contributed by atoms with Gasteiger partial charge in [0.15, 0.2) is 0 Å². The average molecular weight is 314 g/mol. The van der Waals surface area contributed by atoms with E-state index < -0.39 is 6.64 Å². The molecular formula is C13H19N2O3PS. The van der Waals surface area contributed by atoms with Crippen LogP contribution in [0.2, 0.25) is 0 Å². The Morgan fingerprint density at radius 2 is 1.95 bits per heavy atom. The third kappa shape index (κ3) is 3.20. The van der Waals surface area contributed by atoms with E-state index in [-0.39, 0.29) is 6.04 Å². The molecule has 0 aliphatic carbocycles. The van der Waals surface area contributed by atoms with Crippen molar-refractivity contribution in [3.8, 4) is 0 Å². The summed E-state index contributed by atoms with van der Waals surface area (Å²) < 4.78 is 18.1. The highest BCUT2D eigenvalue weighted by Crippen LogP contribution is 2.52. The van der Waals surface area contributed by atoms with Crippen molar-refractivity contribution in [2.45, 2.75) is 13.0 Å². The molecule has 1 aromatic rings. The normalized spacial score (nSPS) is 19.1. The minimum absolute atomic E-state index is 0.0102. The highest BCUT2D eigenvalue weighted by atomic mass is 32.5. The van der Waals surface area contributed by atoms with E-state index in [1.54, 1.807) is 14.2 Å². The second-order valence-corrected chi connectivity index (χ2v) is 7.84. The maximum atomic E-state index is 5.58. The Morgan fingerprint density at radius 3 is 2.55 bits per heavy atom. The molecule has 0 N–H and O–H groups in total. The molecule has 2 rings (SSSR count). The van der Waals surface area contributed by atoms with E-state index in [1.807, 2.05) is 41.9 Å². The average Bonchev–Trinajstić information content (AvgIpc) is 2.96. The summed E-state index contributed by atoms with van der Waals surface area (Å²) >= 11 is 5.44. The monoisotopic (exact) mass is 314 g/mol. The lowest BCUT2D eigenvalue weighted by molar-refractivity contribution is 0.301. The zero-order valence-corrected chi connectivity index (χ0v) is 13.6. The highest BCUT2D eigenvalue weighted by Gasteiger charge is 2.35. The number of benzene rings is 1. The Balaban J connectivity index is 2.23. The van der Waals surface area contributed by atoms with Crippen molar-refractivity contribution in [3.05, 3.63) is 35.9 Å². The topological polar surface area (TPSA) is 43.3 Å². The molecule has 20 heavy (non-hydrogen) atoms. The molecule has 0 spiro atoms. The van der Waals surface area contributed by atoms with Gasteiger partial charge in [-0.05, 0) is 24.3 Å². The van der Waals surface area contributed by atoms with E-state index in [0.29, 0.717) is 19.2 Å². The van der Waals surface area contributed by atoms with E-state index in [9.17, 15) is 0 Å². The lowest BCUT2D eigenvalue weighted by Crippen LogP contribution is -2.24. The van der Waals surface area contributed by atoms with Crippen LogP contribution >= 0.6 is 6.64 Å². The van der Waals surface area contributed by atoms with Gasteiger partial charge in [-0.3, -0.25) is 4.67 Å². The van der Waals surface area contributed by atoms with Crippen molar-refractivity contribution < 1.29 is 13.8 Å². The van der Waals surface area contributed by atoms with E-state index in [1.165, 1.54) is 0 Å². The number of nitrogens with zero attached hydrogens (tertiary/aromatic N) is 2. The van der Waals surface area contributed by atoms with Crippen molar-refractivity contribution >= 4 is 24.5 Å². The lowest BCUT2D eigenvalue weighted by atomic mass is 10.1. The molecule has 1 atom stereocenters. The zero-order chi connectivity index (χ0) is 14.6. The van der Waals surface area contributed by atoms with Gasteiger partial charge in [0.25, 0.3) is 12.7 Å². The minimum atomic E-state index is -2.52. The molecule has 5 nitrogen and oxygen atoms in total. The van der Waals surface area contributed by atoms with Crippen LogP contribution in [0.3, 0.4) is 0 Å². The molecule has 1 heterocycles. The number of hydrogen-bond acceptors (Lipinski definition) is 5. The predicted octanol–water partition coefficient (Wildman–Crippen LogP) is 2.95. The molecule has 1 aliphatic heterocycles. The van der Waals surface area contributed by atoms with Gasteiger partial charge in [-0.1, -0.05) is 30.3 Å². The Labute approximate surface area is 124 Å². The highest BCUT2D eigenvalue weighted by molar-refractivity contribution is 8.09. The number of aliphatic imine (C=N–C) groups is 1. The molecule has 1 aromatic carbocycles. The third-order valence-corrected chi connectivity index (χ3v) is 6.47. The van der Waals surface area contributed by atoms with Gasteiger partial charge in [0.2, 0.25) is 0 Å². The van der Waals surface area contributed by atoms with Crippen LogP contribution in [0.5, 0.6) is 0 Å². The van der Waals surface area contributed by atoms with Crippen LogP contribution in [0.4, 0.5) is 0 Å². The quantitative estimate of drug-likeness (QED) is 0.782. The smallest absolute Gasteiger partial charge is 0.295 e. The lowest BCUT2D eigenvalue weighted by Gasteiger charge is -2.27. The van der Waals surface area contributed by atoms with Crippen molar-refractivity contribution in [1.82, 2.24) is 4.67 Å². The van der Waals surface area contributed by atoms with Crippen molar-refractivity contribution in [3.63, 3.8) is 0 Å². The van der Waals surface area contributed by atoms with Crippen LogP contribution in [0.15, 0.2) is 35.3 Å². The summed E-state index contributed by atoms with van der Waals surface area (Å²) in [6, 6.07) is 10.5. The first-order valence-electron chi connectivity index (χ1n) is 6.36. The Morgan fingerprint density at radius 1 is 1.30 bits per heavy atom. The summed E-state index contributed by atoms with van der Waals surface area (Å²) in [6.07, 6.45) is 0. The maximum Gasteiger partial charge on any atom is 0.295 e. The van der Waals surface area contributed by atoms with Gasteiger partial charge < -0.3 is 13.8 Å². The van der Waals surface area contributed by atoms with E-state index in [4.69, 9.17) is 25.6 Å². The summed E-state index contributed by atoms with van der Waals surface area (Å²) in [5.74, 6) is 0. The van der Waals surface area contributed by atoms with Gasteiger partial charge in [-0.2, -0.15) is 0 Å². The SMILES string of the molecule is COP(=S)(OC)N1CCO/C1=N\[C@@H](C)c1ccccc1. The van der Waals surface area contributed by atoms with Crippen LogP contribution in [-0.4, -0.2) is 38.1 Å². The number of ether oxygens (including phenoxy) is 1.